The van der Waals surface area contributed by atoms with E-state index in [2.05, 4.69) is 10.3 Å². The molecule has 21 heavy (non-hydrogen) atoms. The number of carboxylic acid groups (broad SMARTS) is 1. The van der Waals surface area contributed by atoms with Gasteiger partial charge in [-0.05, 0) is 19.1 Å². The zero-order valence-electron chi connectivity index (χ0n) is 12.2. The number of carboxylic acids is 1. The Bertz CT molecular complexity index is 704. The van der Waals surface area contributed by atoms with E-state index in [4.69, 9.17) is 5.11 Å². The number of rotatable bonds is 4. The third-order valence-electron chi connectivity index (χ3n) is 3.24. The Balaban J connectivity index is 2.42. The van der Waals surface area contributed by atoms with Gasteiger partial charge in [-0.25, -0.2) is 4.98 Å². The molecule has 0 bridgehead atoms. The molecule has 110 valence electrons. The first-order chi connectivity index (χ1) is 9.88. The topological polar surface area (TPSA) is 84.2 Å². The van der Waals surface area contributed by atoms with Gasteiger partial charge >= 0.3 is 5.97 Å². The molecular formula is C15H17N3O3. The molecule has 1 aromatic heterocycles. The van der Waals surface area contributed by atoms with Crippen LogP contribution in [-0.4, -0.2) is 26.5 Å². The third kappa shape index (κ3) is 3.28. The lowest BCUT2D eigenvalue weighted by Crippen LogP contribution is -2.05. The first kappa shape index (κ1) is 14.8. The highest BCUT2D eigenvalue weighted by atomic mass is 16.4. The van der Waals surface area contributed by atoms with Crippen molar-refractivity contribution in [1.29, 1.82) is 0 Å². The molecule has 0 aliphatic heterocycles. The van der Waals surface area contributed by atoms with Gasteiger partial charge < -0.3 is 15.0 Å². The van der Waals surface area contributed by atoms with Crippen molar-refractivity contribution in [3.63, 3.8) is 0 Å². The quantitative estimate of drug-likeness (QED) is 0.900. The Kier molecular flexibility index (Phi) is 4.07. The van der Waals surface area contributed by atoms with Crippen molar-refractivity contribution in [2.75, 3.05) is 5.32 Å². The molecule has 0 saturated carbocycles. The lowest BCUT2D eigenvalue weighted by molar-refractivity contribution is -0.136. The summed E-state index contributed by atoms with van der Waals surface area (Å²) in [5.74, 6) is -0.375. The Morgan fingerprint density at radius 3 is 2.71 bits per heavy atom. The van der Waals surface area contributed by atoms with Crippen molar-refractivity contribution < 1.29 is 14.7 Å². The summed E-state index contributed by atoms with van der Waals surface area (Å²) in [6, 6.07) is 7.30. The summed E-state index contributed by atoms with van der Waals surface area (Å²) < 4.78 is 1.85. The number of amides is 1. The smallest absolute Gasteiger partial charge is 0.309 e. The number of carbonyl (C=O) groups excluding carboxylic acids is 1. The number of aliphatic carboxylic acids is 1. The van der Waals surface area contributed by atoms with Crippen molar-refractivity contribution in [3.8, 4) is 11.4 Å². The van der Waals surface area contributed by atoms with E-state index in [9.17, 15) is 9.59 Å². The molecule has 0 aliphatic rings. The second kappa shape index (κ2) is 5.78. The maximum atomic E-state index is 11.1. The zero-order chi connectivity index (χ0) is 15.6. The Morgan fingerprint density at radius 1 is 1.38 bits per heavy atom. The van der Waals surface area contributed by atoms with Gasteiger partial charge in [0.2, 0.25) is 5.91 Å². The molecule has 0 fully saturated rings. The van der Waals surface area contributed by atoms with Crippen LogP contribution in [0.5, 0.6) is 0 Å². The molecule has 0 radical (unpaired) electrons. The van der Waals surface area contributed by atoms with E-state index in [0.717, 1.165) is 11.3 Å². The van der Waals surface area contributed by atoms with Crippen molar-refractivity contribution in [2.24, 2.45) is 7.05 Å². The van der Waals surface area contributed by atoms with Crippen molar-refractivity contribution in [1.82, 2.24) is 9.55 Å². The number of anilines is 1. The fourth-order valence-corrected chi connectivity index (χ4v) is 2.14. The molecule has 1 amide bonds. The number of imidazole rings is 1. The van der Waals surface area contributed by atoms with E-state index >= 15 is 0 Å². The minimum absolute atomic E-state index is 0.106. The number of nitrogens with one attached hydrogen (secondary N) is 1. The summed E-state index contributed by atoms with van der Waals surface area (Å²) in [6.07, 6.45) is -0.106. The van der Waals surface area contributed by atoms with Crippen LogP contribution >= 0.6 is 0 Å². The van der Waals surface area contributed by atoms with E-state index in [-0.39, 0.29) is 12.3 Å². The van der Waals surface area contributed by atoms with Crippen LogP contribution in [0.25, 0.3) is 11.4 Å². The standard InChI is InChI=1S/C15H17N3O3/c1-9-13(8-14(20)21)17-15(18(9)3)11-5-4-6-12(7-11)16-10(2)19/h4-7H,8H2,1-3H3,(H,16,19)(H,20,21). The fraction of sp³-hybridized carbons (Fsp3) is 0.267. The summed E-state index contributed by atoms with van der Waals surface area (Å²) in [4.78, 5) is 26.4. The largest absolute Gasteiger partial charge is 0.481 e. The molecule has 1 heterocycles. The van der Waals surface area contributed by atoms with Gasteiger partial charge in [-0.3, -0.25) is 9.59 Å². The number of hydrogen-bond acceptors (Lipinski definition) is 3. The van der Waals surface area contributed by atoms with Crippen LogP contribution in [0.15, 0.2) is 24.3 Å². The van der Waals surface area contributed by atoms with Crippen LogP contribution in [-0.2, 0) is 23.1 Å². The molecule has 0 saturated heterocycles. The number of carbonyl (C=O) groups is 2. The van der Waals surface area contributed by atoms with E-state index in [0.29, 0.717) is 17.2 Å². The normalized spacial score (nSPS) is 10.4. The predicted octanol–water partition coefficient (Wildman–Crippen LogP) is 1.98. The summed E-state index contributed by atoms with van der Waals surface area (Å²) >= 11 is 0. The summed E-state index contributed by atoms with van der Waals surface area (Å²) in [5.41, 5.74) is 2.87. The molecule has 0 unspecified atom stereocenters. The van der Waals surface area contributed by atoms with Crippen LogP contribution in [0.4, 0.5) is 5.69 Å². The minimum Gasteiger partial charge on any atom is -0.481 e. The highest BCUT2D eigenvalue weighted by Gasteiger charge is 2.15. The van der Waals surface area contributed by atoms with Gasteiger partial charge in [0.1, 0.15) is 5.82 Å². The van der Waals surface area contributed by atoms with Crippen LogP contribution < -0.4 is 5.32 Å². The fourth-order valence-electron chi connectivity index (χ4n) is 2.14. The van der Waals surface area contributed by atoms with Crippen molar-refractivity contribution >= 4 is 17.6 Å². The Morgan fingerprint density at radius 2 is 2.10 bits per heavy atom. The minimum atomic E-state index is -0.908. The lowest BCUT2D eigenvalue weighted by atomic mass is 10.2. The molecule has 2 rings (SSSR count). The maximum Gasteiger partial charge on any atom is 0.309 e. The first-order valence-corrected chi connectivity index (χ1v) is 6.50. The van der Waals surface area contributed by atoms with Crippen LogP contribution in [0.1, 0.15) is 18.3 Å². The lowest BCUT2D eigenvalue weighted by Gasteiger charge is -2.06. The molecule has 6 nitrogen and oxygen atoms in total. The second-order valence-corrected chi connectivity index (χ2v) is 4.86. The number of nitrogens with zero attached hydrogens (tertiary/aromatic N) is 2. The molecule has 2 aromatic rings. The first-order valence-electron chi connectivity index (χ1n) is 6.50. The Hall–Kier alpha value is -2.63. The van der Waals surface area contributed by atoms with Gasteiger partial charge in [0.15, 0.2) is 0 Å². The van der Waals surface area contributed by atoms with Gasteiger partial charge in [0, 0.05) is 30.9 Å². The van der Waals surface area contributed by atoms with Crippen molar-refractivity contribution in [2.45, 2.75) is 20.3 Å². The van der Waals surface area contributed by atoms with Crippen LogP contribution in [0.2, 0.25) is 0 Å². The molecule has 0 atom stereocenters. The summed E-state index contributed by atoms with van der Waals surface area (Å²) in [7, 11) is 1.84. The number of aromatic nitrogens is 2. The van der Waals surface area contributed by atoms with E-state index in [1.807, 2.05) is 36.7 Å². The van der Waals surface area contributed by atoms with Crippen molar-refractivity contribution in [3.05, 3.63) is 35.7 Å². The van der Waals surface area contributed by atoms with Gasteiger partial charge in [0.25, 0.3) is 0 Å². The second-order valence-electron chi connectivity index (χ2n) is 4.86. The van der Waals surface area contributed by atoms with Gasteiger partial charge in [-0.2, -0.15) is 0 Å². The van der Waals surface area contributed by atoms with Gasteiger partial charge in [-0.15, -0.1) is 0 Å². The highest BCUT2D eigenvalue weighted by molar-refractivity contribution is 5.89. The van der Waals surface area contributed by atoms with Gasteiger partial charge in [0.05, 0.1) is 12.1 Å². The van der Waals surface area contributed by atoms with Crippen LogP contribution in [0.3, 0.4) is 0 Å². The van der Waals surface area contributed by atoms with E-state index < -0.39 is 5.97 Å². The van der Waals surface area contributed by atoms with Crippen LogP contribution in [0, 0.1) is 6.92 Å². The number of benzene rings is 1. The zero-order valence-corrected chi connectivity index (χ0v) is 12.2. The summed E-state index contributed by atoms with van der Waals surface area (Å²) in [5, 5.41) is 11.6. The number of hydrogen-bond donors (Lipinski definition) is 2. The SMILES string of the molecule is CC(=O)Nc1cccc(-c2nc(CC(=O)O)c(C)n2C)c1. The molecular weight excluding hydrogens is 270 g/mol. The Labute approximate surface area is 122 Å². The predicted molar refractivity (Wildman–Crippen MR) is 79.0 cm³/mol. The average Bonchev–Trinajstić information content (AvgIpc) is 2.66. The molecule has 0 spiro atoms. The van der Waals surface area contributed by atoms with Gasteiger partial charge in [-0.1, -0.05) is 12.1 Å². The molecule has 1 aromatic carbocycles. The molecule has 0 aliphatic carbocycles. The monoisotopic (exact) mass is 287 g/mol. The molecule has 6 heteroatoms. The maximum absolute atomic E-state index is 11.1. The molecule has 2 N–H and O–H groups in total. The highest BCUT2D eigenvalue weighted by Crippen LogP contribution is 2.24. The van der Waals surface area contributed by atoms with E-state index in [1.165, 1.54) is 6.92 Å². The average molecular weight is 287 g/mol. The third-order valence-corrected chi connectivity index (χ3v) is 3.24. The van der Waals surface area contributed by atoms with E-state index in [1.54, 1.807) is 6.07 Å². The summed E-state index contributed by atoms with van der Waals surface area (Å²) in [6.45, 7) is 3.29.